The molecular weight excluding hydrogens is 258 g/mol. The molecule has 0 bridgehead atoms. The number of hydrogen-bond acceptors (Lipinski definition) is 6. The minimum Gasteiger partial charge on any atom is -0.451 e. The lowest BCUT2D eigenvalue weighted by molar-refractivity contribution is -0.146. The summed E-state index contributed by atoms with van der Waals surface area (Å²) in [6.07, 6.45) is 0.804. The Bertz CT molecular complexity index is 315. The Kier molecular flexibility index (Phi) is 5.28. The van der Waals surface area contributed by atoms with E-state index in [4.69, 9.17) is 14.0 Å². The Labute approximate surface area is 111 Å². The second-order valence-electron chi connectivity index (χ2n) is 5.04. The first-order valence-corrected chi connectivity index (χ1v) is 6.72. The van der Waals surface area contributed by atoms with Gasteiger partial charge in [0.25, 0.3) is 0 Å². The molecule has 1 N–H and O–H groups in total. The van der Waals surface area contributed by atoms with Crippen LogP contribution in [0.2, 0.25) is 0 Å². The molecule has 1 amide bonds. The molecule has 1 heterocycles. The number of rotatable bonds is 3. The van der Waals surface area contributed by atoms with E-state index >= 15 is 0 Å². The minimum absolute atomic E-state index is 0.127. The smallest absolute Gasteiger partial charge is 0.411 e. The molecule has 6 nitrogen and oxygen atoms in total. The molecule has 0 spiro atoms. The second kappa shape index (κ2) is 6.29. The third-order valence-electron chi connectivity index (χ3n) is 2.41. The summed E-state index contributed by atoms with van der Waals surface area (Å²) in [4.78, 5) is 25.0. The van der Waals surface area contributed by atoms with Crippen molar-refractivity contribution in [1.29, 1.82) is 0 Å². The van der Waals surface area contributed by atoms with Crippen LogP contribution in [0, 0.1) is 0 Å². The number of carbonyl (C=O) groups is 2. The zero-order valence-electron chi connectivity index (χ0n) is 10.8. The topological polar surface area (TPSA) is 76.1 Å². The summed E-state index contributed by atoms with van der Waals surface area (Å²) < 4.78 is 18.6. The van der Waals surface area contributed by atoms with Gasteiger partial charge in [-0.25, -0.2) is 9.59 Å². The molecule has 1 unspecified atom stereocenters. The van der Waals surface area contributed by atoms with Crippen LogP contribution in [-0.4, -0.2) is 45.6 Å². The molecule has 104 valence electrons. The third-order valence-corrected chi connectivity index (χ3v) is 2.63. The van der Waals surface area contributed by atoms with E-state index in [2.05, 4.69) is 0 Å². The van der Waals surface area contributed by atoms with Crippen molar-refractivity contribution in [3.05, 3.63) is 0 Å². The van der Waals surface area contributed by atoms with Gasteiger partial charge in [0.1, 0.15) is 11.6 Å². The van der Waals surface area contributed by atoms with Crippen LogP contribution in [0.4, 0.5) is 4.79 Å². The number of amides is 1. The molecule has 0 aromatic carbocycles. The zero-order chi connectivity index (χ0) is 13.8. The van der Waals surface area contributed by atoms with E-state index in [1.54, 1.807) is 20.8 Å². The molecule has 1 aliphatic rings. The van der Waals surface area contributed by atoms with E-state index in [1.807, 2.05) is 0 Å². The standard InChI is InChI=1S/C11H19NO5S/c1-11(2,3)17-10(14)12-6-4-5-8(12)9(13)16-7-18-15/h8,15H,4-7H2,1-3H3. The van der Waals surface area contributed by atoms with E-state index < -0.39 is 23.7 Å². The summed E-state index contributed by atoms with van der Waals surface area (Å²) >= 11 is 0.431. The molecule has 1 rings (SSSR count). The monoisotopic (exact) mass is 277 g/mol. The Hall–Kier alpha value is -0.950. The van der Waals surface area contributed by atoms with Gasteiger partial charge in [0.15, 0.2) is 5.94 Å². The van der Waals surface area contributed by atoms with E-state index in [1.165, 1.54) is 4.90 Å². The predicted molar refractivity (Wildman–Crippen MR) is 67.1 cm³/mol. The van der Waals surface area contributed by atoms with Gasteiger partial charge in [-0.1, -0.05) is 0 Å². The van der Waals surface area contributed by atoms with Crippen LogP contribution in [0.3, 0.4) is 0 Å². The molecule has 7 heteroatoms. The molecule has 18 heavy (non-hydrogen) atoms. The number of ether oxygens (including phenoxy) is 2. The van der Waals surface area contributed by atoms with E-state index in [0.29, 0.717) is 25.0 Å². The van der Waals surface area contributed by atoms with Gasteiger partial charge < -0.3 is 14.0 Å². The summed E-state index contributed by atoms with van der Waals surface area (Å²) in [5.41, 5.74) is -0.588. The van der Waals surface area contributed by atoms with Crippen LogP contribution in [0.1, 0.15) is 33.6 Å². The average Bonchev–Trinajstić information content (AvgIpc) is 2.72. The lowest BCUT2D eigenvalue weighted by atomic mass is 10.2. The summed E-state index contributed by atoms with van der Waals surface area (Å²) in [6.45, 7) is 5.81. The van der Waals surface area contributed by atoms with Crippen LogP contribution >= 0.6 is 12.0 Å². The van der Waals surface area contributed by atoms with Gasteiger partial charge >= 0.3 is 12.1 Å². The van der Waals surface area contributed by atoms with Gasteiger partial charge in [0.05, 0.1) is 0 Å². The molecule has 1 atom stereocenters. The summed E-state index contributed by atoms with van der Waals surface area (Å²) in [7, 11) is 0. The number of hydrogen-bond donors (Lipinski definition) is 1. The van der Waals surface area contributed by atoms with Gasteiger partial charge in [-0.15, -0.1) is 0 Å². The Balaban J connectivity index is 2.59. The third kappa shape index (κ3) is 4.38. The molecule has 1 fully saturated rings. The molecular formula is C11H19NO5S. The van der Waals surface area contributed by atoms with Crippen LogP contribution in [-0.2, 0) is 14.3 Å². The fourth-order valence-corrected chi connectivity index (χ4v) is 1.90. The van der Waals surface area contributed by atoms with Gasteiger partial charge in [-0.05, 0) is 33.6 Å². The van der Waals surface area contributed by atoms with Crippen LogP contribution in [0.5, 0.6) is 0 Å². The van der Waals surface area contributed by atoms with E-state index in [9.17, 15) is 9.59 Å². The molecule has 1 saturated heterocycles. The van der Waals surface area contributed by atoms with E-state index in [-0.39, 0.29) is 5.94 Å². The van der Waals surface area contributed by atoms with Crippen molar-refractivity contribution in [1.82, 2.24) is 4.90 Å². The maximum atomic E-state index is 11.9. The molecule has 0 aromatic heterocycles. The fourth-order valence-electron chi connectivity index (χ4n) is 1.73. The maximum absolute atomic E-state index is 11.9. The Morgan fingerprint density at radius 2 is 2.11 bits per heavy atom. The predicted octanol–water partition coefficient (Wildman–Crippen LogP) is 2.09. The van der Waals surface area contributed by atoms with Gasteiger partial charge in [0.2, 0.25) is 0 Å². The van der Waals surface area contributed by atoms with Crippen LogP contribution in [0.15, 0.2) is 0 Å². The highest BCUT2D eigenvalue weighted by atomic mass is 32.2. The lowest BCUT2D eigenvalue weighted by Gasteiger charge is -2.27. The van der Waals surface area contributed by atoms with Crippen molar-refractivity contribution in [2.24, 2.45) is 0 Å². The molecule has 1 aliphatic heterocycles. The number of esters is 1. The highest BCUT2D eigenvalue weighted by Gasteiger charge is 2.37. The quantitative estimate of drug-likeness (QED) is 0.483. The SMILES string of the molecule is CC(C)(C)OC(=O)N1CCCC1C(=O)OCSO. The van der Waals surface area contributed by atoms with Crippen LogP contribution < -0.4 is 0 Å². The van der Waals surface area contributed by atoms with Crippen molar-refractivity contribution >= 4 is 24.1 Å². The number of nitrogens with zero attached hydrogens (tertiary/aromatic N) is 1. The van der Waals surface area contributed by atoms with Crippen molar-refractivity contribution in [3.8, 4) is 0 Å². The Morgan fingerprint density at radius 1 is 1.44 bits per heavy atom. The van der Waals surface area contributed by atoms with Gasteiger partial charge in [-0.3, -0.25) is 4.90 Å². The van der Waals surface area contributed by atoms with Gasteiger partial charge in [-0.2, -0.15) is 0 Å². The molecule has 0 saturated carbocycles. The fraction of sp³-hybridized carbons (Fsp3) is 0.818. The number of carbonyl (C=O) groups excluding carboxylic acids is 2. The molecule has 0 aromatic rings. The van der Waals surface area contributed by atoms with Crippen molar-refractivity contribution in [2.45, 2.75) is 45.3 Å². The van der Waals surface area contributed by atoms with Gasteiger partial charge in [0, 0.05) is 18.6 Å². The largest absolute Gasteiger partial charge is 0.451 e. The first kappa shape index (κ1) is 15.1. The summed E-state index contributed by atoms with van der Waals surface area (Å²) in [6, 6.07) is -0.605. The first-order chi connectivity index (χ1) is 8.35. The van der Waals surface area contributed by atoms with E-state index in [0.717, 1.165) is 6.42 Å². The average molecular weight is 277 g/mol. The van der Waals surface area contributed by atoms with Crippen molar-refractivity contribution < 1.29 is 23.6 Å². The minimum atomic E-state index is -0.605. The highest BCUT2D eigenvalue weighted by molar-refractivity contribution is 7.93. The van der Waals surface area contributed by atoms with Crippen LogP contribution in [0.25, 0.3) is 0 Å². The normalized spacial score (nSPS) is 19.8. The zero-order valence-corrected chi connectivity index (χ0v) is 11.7. The van der Waals surface area contributed by atoms with Crippen molar-refractivity contribution in [3.63, 3.8) is 0 Å². The maximum Gasteiger partial charge on any atom is 0.411 e. The van der Waals surface area contributed by atoms with Crippen molar-refractivity contribution in [2.75, 3.05) is 12.5 Å². The highest BCUT2D eigenvalue weighted by Crippen LogP contribution is 2.22. The second-order valence-corrected chi connectivity index (χ2v) is 5.54. The summed E-state index contributed by atoms with van der Waals surface area (Å²) in [5, 5.41) is 0. The lowest BCUT2D eigenvalue weighted by Crippen LogP contribution is -2.44. The number of likely N-dealkylation sites (tertiary alicyclic amines) is 1. The summed E-state index contributed by atoms with van der Waals surface area (Å²) in [5.74, 6) is -0.628. The first-order valence-electron chi connectivity index (χ1n) is 5.78. The Morgan fingerprint density at radius 3 is 2.67 bits per heavy atom. The molecule has 0 radical (unpaired) electrons. The molecule has 0 aliphatic carbocycles.